The third-order valence-electron chi connectivity index (χ3n) is 15.9. The van der Waals surface area contributed by atoms with Crippen LogP contribution in [0.2, 0.25) is 0 Å². The number of amides is 4. The Kier molecular flexibility index (Phi) is 16.7. The Morgan fingerprint density at radius 2 is 0.650 bits per heavy atom. The van der Waals surface area contributed by atoms with Crippen LogP contribution in [-0.4, -0.2) is 128 Å². The normalized spacial score (nSPS) is 26.2. The van der Waals surface area contributed by atoms with Gasteiger partial charge in [0, 0.05) is 71.5 Å². The molecule has 6 rings (SSSR count). The van der Waals surface area contributed by atoms with E-state index in [4.69, 9.17) is 0 Å². The Morgan fingerprint density at radius 3 is 0.900 bits per heavy atom. The molecule has 4 amide bonds. The fraction of sp³-hybridized carbons (Fsp3) is 0.961. The summed E-state index contributed by atoms with van der Waals surface area (Å²) < 4.78 is 0. The lowest BCUT2D eigenvalue weighted by molar-refractivity contribution is 0.0383. The van der Waals surface area contributed by atoms with E-state index in [1.165, 1.54) is 128 Å². The molecule has 6 fully saturated rings. The number of nitrogens with one attached hydrogen (secondary N) is 2. The summed E-state index contributed by atoms with van der Waals surface area (Å²) in [6.45, 7) is 22.2. The number of nitrogens with zero attached hydrogens (tertiary/aromatic N) is 5. The van der Waals surface area contributed by atoms with Crippen molar-refractivity contribution in [3.63, 3.8) is 0 Å². The molecule has 2 heterocycles. The molecule has 9 nitrogen and oxygen atoms in total. The van der Waals surface area contributed by atoms with Crippen molar-refractivity contribution in [1.29, 1.82) is 0 Å². The molecule has 60 heavy (non-hydrogen) atoms. The van der Waals surface area contributed by atoms with Crippen molar-refractivity contribution >= 4 is 12.1 Å². The lowest BCUT2D eigenvalue weighted by atomic mass is 9.79. The summed E-state index contributed by atoms with van der Waals surface area (Å²) in [5, 5.41) is 7.82. The highest BCUT2D eigenvalue weighted by molar-refractivity contribution is 5.76. The predicted molar refractivity (Wildman–Crippen MR) is 251 cm³/mol. The average Bonchev–Trinajstić information content (AvgIpc) is 3.17. The molecule has 9 heteroatoms. The zero-order chi connectivity index (χ0) is 43.1. The van der Waals surface area contributed by atoms with Crippen molar-refractivity contribution in [1.82, 2.24) is 35.1 Å². The second-order valence-electron chi connectivity index (χ2n) is 23.9. The molecular weight excluding hydrogens is 743 g/mol. The Labute approximate surface area is 369 Å². The van der Waals surface area contributed by atoms with Crippen molar-refractivity contribution in [3.05, 3.63) is 0 Å². The fourth-order valence-corrected chi connectivity index (χ4v) is 13.9. The Balaban J connectivity index is 1.15. The number of hydrogen-bond donors (Lipinski definition) is 2. The van der Waals surface area contributed by atoms with Gasteiger partial charge in [0.15, 0.2) is 0 Å². The Hall–Kier alpha value is -1.58. The van der Waals surface area contributed by atoms with Crippen LogP contribution in [0.25, 0.3) is 0 Å². The molecule has 2 saturated heterocycles. The van der Waals surface area contributed by atoms with Crippen LogP contribution >= 0.6 is 0 Å². The summed E-state index contributed by atoms with van der Waals surface area (Å²) in [6.07, 6.45) is 30.7. The number of urea groups is 2. The number of carbonyl (C=O) groups excluding carboxylic acids is 2. The van der Waals surface area contributed by atoms with Gasteiger partial charge in [-0.3, -0.25) is 0 Å². The van der Waals surface area contributed by atoms with Crippen LogP contribution in [0.4, 0.5) is 9.59 Å². The first kappa shape index (κ1) is 47.9. The lowest BCUT2D eigenvalue weighted by Crippen LogP contribution is -2.65. The maximum atomic E-state index is 15.2. The van der Waals surface area contributed by atoms with Crippen LogP contribution in [-0.2, 0) is 0 Å². The Bertz CT molecular complexity index is 1170. The van der Waals surface area contributed by atoms with Crippen LogP contribution in [0.15, 0.2) is 0 Å². The smallest absolute Gasteiger partial charge is 0.320 e. The maximum Gasteiger partial charge on any atom is 0.320 e. The Morgan fingerprint density at radius 1 is 0.400 bits per heavy atom. The van der Waals surface area contributed by atoms with E-state index in [2.05, 4.69) is 97.6 Å². The quantitative estimate of drug-likeness (QED) is 0.182. The molecule has 346 valence electrons. The topological polar surface area (TPSA) is 74.4 Å². The van der Waals surface area contributed by atoms with Crippen LogP contribution in [0.3, 0.4) is 0 Å². The zero-order valence-electron chi connectivity index (χ0n) is 40.7. The molecule has 4 aliphatic carbocycles. The van der Waals surface area contributed by atoms with Crippen LogP contribution in [0.1, 0.15) is 222 Å². The molecule has 4 saturated carbocycles. The first-order valence-electron chi connectivity index (χ1n) is 25.9. The molecule has 0 aromatic rings. The van der Waals surface area contributed by atoms with Crippen LogP contribution in [0, 0.1) is 0 Å². The van der Waals surface area contributed by atoms with Gasteiger partial charge in [0.05, 0.1) is 0 Å². The van der Waals surface area contributed by atoms with Gasteiger partial charge in [0.2, 0.25) is 0 Å². The molecule has 2 N–H and O–H groups in total. The van der Waals surface area contributed by atoms with E-state index in [1.807, 2.05) is 0 Å². The van der Waals surface area contributed by atoms with E-state index in [-0.39, 0.29) is 34.2 Å². The van der Waals surface area contributed by atoms with Gasteiger partial charge in [-0.1, -0.05) is 77.0 Å². The summed E-state index contributed by atoms with van der Waals surface area (Å²) >= 11 is 0. The van der Waals surface area contributed by atoms with Crippen LogP contribution < -0.4 is 10.6 Å². The highest BCUT2D eigenvalue weighted by Gasteiger charge is 2.46. The summed E-state index contributed by atoms with van der Waals surface area (Å²) in [7, 11) is 2.28. The van der Waals surface area contributed by atoms with Gasteiger partial charge in [0.1, 0.15) is 0 Å². The second kappa shape index (κ2) is 20.9. The van der Waals surface area contributed by atoms with Crippen molar-refractivity contribution in [2.45, 2.75) is 281 Å². The third kappa shape index (κ3) is 13.2. The minimum atomic E-state index is -0.0199. The van der Waals surface area contributed by atoms with Gasteiger partial charge in [-0.15, -0.1) is 0 Å². The maximum absolute atomic E-state index is 15.2. The second-order valence-corrected chi connectivity index (χ2v) is 23.9. The average molecular weight is 838 g/mol. The molecule has 0 bridgehead atoms. The lowest BCUT2D eigenvalue weighted by Gasteiger charge is -2.52. The van der Waals surface area contributed by atoms with Crippen molar-refractivity contribution in [2.75, 3.05) is 33.2 Å². The number of rotatable bonds is 14. The molecule has 0 spiro atoms. The highest BCUT2D eigenvalue weighted by atomic mass is 16.2. The molecule has 0 radical (unpaired) electrons. The number of piperidine rings is 2. The molecule has 0 aromatic carbocycles. The largest absolute Gasteiger partial charge is 0.321 e. The fourth-order valence-electron chi connectivity index (χ4n) is 13.9. The molecule has 0 atom stereocenters. The summed E-state index contributed by atoms with van der Waals surface area (Å²) in [4.78, 5) is 42.7. The summed E-state index contributed by atoms with van der Waals surface area (Å²) in [5.41, 5.74) is -0.0797. The zero-order valence-corrected chi connectivity index (χ0v) is 40.7. The standard InChI is InChI=1S/C51H95N7O2/c1-48(2)36-44(37-49(3,4)52-48)55(46(59)57(40-24-14-10-15-25-40)41-26-16-11-17-27-41)34-22-32-54(9)33-23-35-56(45-38-50(5,6)53-51(7,8)39-45)47(60)58(42-28-18-12-19-29-42)43-30-20-13-21-31-43/h40-45,52-53H,10-39H2,1-9H3. The third-order valence-corrected chi connectivity index (χ3v) is 15.9. The van der Waals surface area contributed by atoms with E-state index >= 15 is 9.59 Å². The van der Waals surface area contributed by atoms with E-state index in [0.717, 1.165) is 64.7 Å². The predicted octanol–water partition coefficient (Wildman–Crippen LogP) is 11.1. The highest BCUT2D eigenvalue weighted by Crippen LogP contribution is 2.38. The first-order valence-corrected chi connectivity index (χ1v) is 25.9. The number of hydrogen-bond acceptors (Lipinski definition) is 5. The van der Waals surface area contributed by atoms with Gasteiger partial charge in [-0.25, -0.2) is 9.59 Å². The summed E-state index contributed by atoms with van der Waals surface area (Å²) in [5.74, 6) is 0. The van der Waals surface area contributed by atoms with E-state index < -0.39 is 0 Å². The van der Waals surface area contributed by atoms with Gasteiger partial charge >= 0.3 is 12.1 Å². The molecule has 0 unspecified atom stereocenters. The van der Waals surface area contributed by atoms with E-state index in [0.29, 0.717) is 36.2 Å². The molecule has 6 aliphatic rings. The minimum absolute atomic E-state index is 0.0199. The van der Waals surface area contributed by atoms with Gasteiger partial charge in [-0.05, 0) is 165 Å². The van der Waals surface area contributed by atoms with Gasteiger partial charge in [-0.2, -0.15) is 0 Å². The molecule has 2 aliphatic heterocycles. The van der Waals surface area contributed by atoms with E-state index in [1.54, 1.807) is 0 Å². The van der Waals surface area contributed by atoms with Crippen molar-refractivity contribution < 1.29 is 9.59 Å². The molecular formula is C51H95N7O2. The van der Waals surface area contributed by atoms with Crippen molar-refractivity contribution in [2.24, 2.45) is 0 Å². The van der Waals surface area contributed by atoms with Crippen LogP contribution in [0.5, 0.6) is 0 Å². The summed E-state index contributed by atoms with van der Waals surface area (Å²) in [6, 6.07) is 2.76. The first-order chi connectivity index (χ1) is 28.4. The SMILES string of the molecule is CN(CCCN(C(=O)N(C1CCCCC1)C1CCCCC1)C1CC(C)(C)NC(C)(C)C1)CCCN(C(=O)N(C1CCCCC1)C1CCCCC1)C1CC(C)(C)NC(C)(C)C1. The number of carbonyl (C=O) groups is 2. The van der Waals surface area contributed by atoms with Gasteiger partial charge in [0.25, 0.3) is 0 Å². The van der Waals surface area contributed by atoms with Gasteiger partial charge < -0.3 is 35.1 Å². The van der Waals surface area contributed by atoms with E-state index in [9.17, 15) is 0 Å². The molecule has 0 aromatic heterocycles. The van der Waals surface area contributed by atoms with Crippen molar-refractivity contribution in [3.8, 4) is 0 Å². The minimum Gasteiger partial charge on any atom is -0.321 e. The monoisotopic (exact) mass is 838 g/mol.